The predicted octanol–water partition coefficient (Wildman–Crippen LogP) is 3.19. The molecule has 1 atom stereocenters. The van der Waals surface area contributed by atoms with Gasteiger partial charge in [-0.05, 0) is 68.5 Å². The van der Waals surface area contributed by atoms with Gasteiger partial charge in [-0.3, -0.25) is 4.90 Å². The Hall–Kier alpha value is -1.39. The second-order valence-corrected chi connectivity index (χ2v) is 7.16. The maximum absolute atomic E-state index is 13.5. The molecule has 0 unspecified atom stereocenters. The lowest BCUT2D eigenvalue weighted by molar-refractivity contribution is 0.0968. The van der Waals surface area contributed by atoms with E-state index in [-0.39, 0.29) is 5.82 Å². The fourth-order valence-corrected chi connectivity index (χ4v) is 4.33. The molecular formula is C18H24FN3. The van der Waals surface area contributed by atoms with Crippen molar-refractivity contribution in [2.24, 2.45) is 5.41 Å². The van der Waals surface area contributed by atoms with Crippen LogP contribution in [0.5, 0.6) is 0 Å². The maximum Gasteiger partial charge on any atom is 0.123 e. The third-order valence-electron chi connectivity index (χ3n) is 5.58. The summed E-state index contributed by atoms with van der Waals surface area (Å²) < 4.78 is 13.5. The summed E-state index contributed by atoms with van der Waals surface area (Å²) in [5, 5.41) is 4.55. The highest BCUT2D eigenvalue weighted by atomic mass is 19.1. The number of hydrogen-bond donors (Lipinski definition) is 2. The van der Waals surface area contributed by atoms with E-state index >= 15 is 0 Å². The van der Waals surface area contributed by atoms with Crippen molar-refractivity contribution in [3.63, 3.8) is 0 Å². The van der Waals surface area contributed by atoms with E-state index in [2.05, 4.69) is 22.1 Å². The lowest BCUT2D eigenvalue weighted by atomic mass is 9.79. The van der Waals surface area contributed by atoms with Gasteiger partial charge in [0.05, 0.1) is 0 Å². The Morgan fingerprint density at radius 1 is 1.32 bits per heavy atom. The van der Waals surface area contributed by atoms with Gasteiger partial charge < -0.3 is 10.3 Å². The minimum Gasteiger partial charge on any atom is -0.357 e. The topological polar surface area (TPSA) is 31.1 Å². The summed E-state index contributed by atoms with van der Waals surface area (Å²) in [4.78, 5) is 6.07. The van der Waals surface area contributed by atoms with Crippen LogP contribution in [0.2, 0.25) is 0 Å². The molecule has 3 nitrogen and oxygen atoms in total. The molecule has 1 spiro atoms. The minimum absolute atomic E-state index is 0.157. The summed E-state index contributed by atoms with van der Waals surface area (Å²) >= 11 is 0. The van der Waals surface area contributed by atoms with E-state index in [1.54, 1.807) is 6.07 Å². The average molecular weight is 301 g/mol. The van der Waals surface area contributed by atoms with E-state index in [4.69, 9.17) is 0 Å². The third-order valence-corrected chi connectivity index (χ3v) is 5.58. The molecule has 4 heteroatoms. The Balaban J connectivity index is 1.56. The molecule has 2 aliphatic rings. The van der Waals surface area contributed by atoms with Crippen LogP contribution in [0.3, 0.4) is 0 Å². The lowest BCUT2D eigenvalue weighted by Gasteiger charge is -2.40. The predicted molar refractivity (Wildman–Crippen MR) is 87.4 cm³/mol. The zero-order chi connectivity index (χ0) is 15.2. The van der Waals surface area contributed by atoms with Crippen molar-refractivity contribution >= 4 is 10.9 Å². The molecule has 2 aromatic rings. The molecule has 2 N–H and O–H groups in total. The summed E-state index contributed by atoms with van der Waals surface area (Å²) in [6.45, 7) is 7.74. The first-order valence-corrected chi connectivity index (χ1v) is 8.35. The lowest BCUT2D eigenvalue weighted by Crippen LogP contribution is -2.44. The molecule has 0 amide bonds. The number of benzene rings is 1. The van der Waals surface area contributed by atoms with E-state index in [1.165, 1.54) is 62.8 Å². The number of fused-ring (bicyclic) bond motifs is 1. The number of aryl methyl sites for hydroxylation is 1. The van der Waals surface area contributed by atoms with Gasteiger partial charge >= 0.3 is 0 Å². The second-order valence-electron chi connectivity index (χ2n) is 7.16. The maximum atomic E-state index is 13.5. The van der Waals surface area contributed by atoms with Gasteiger partial charge in [0.1, 0.15) is 5.82 Å². The van der Waals surface area contributed by atoms with E-state index in [0.717, 1.165) is 17.4 Å². The highest BCUT2D eigenvalue weighted by Crippen LogP contribution is 2.36. The summed E-state index contributed by atoms with van der Waals surface area (Å²) in [7, 11) is 0. The Bertz CT molecular complexity index is 685. The van der Waals surface area contributed by atoms with Crippen LogP contribution < -0.4 is 5.32 Å². The molecule has 2 fully saturated rings. The molecule has 0 aliphatic carbocycles. The van der Waals surface area contributed by atoms with Crippen LogP contribution in [-0.2, 0) is 6.54 Å². The molecule has 0 bridgehead atoms. The molecule has 2 aliphatic heterocycles. The van der Waals surface area contributed by atoms with Crippen LogP contribution in [-0.4, -0.2) is 36.1 Å². The van der Waals surface area contributed by atoms with E-state index in [0.29, 0.717) is 5.41 Å². The van der Waals surface area contributed by atoms with Gasteiger partial charge in [0.25, 0.3) is 0 Å². The monoisotopic (exact) mass is 301 g/mol. The van der Waals surface area contributed by atoms with Crippen LogP contribution >= 0.6 is 0 Å². The number of nitrogens with one attached hydrogen (secondary N) is 2. The zero-order valence-corrected chi connectivity index (χ0v) is 13.2. The first-order chi connectivity index (χ1) is 10.7. The number of nitrogens with zero attached hydrogens (tertiary/aromatic N) is 1. The van der Waals surface area contributed by atoms with E-state index in [9.17, 15) is 4.39 Å². The molecule has 2 saturated heterocycles. The fraction of sp³-hybridized carbons (Fsp3) is 0.556. The van der Waals surface area contributed by atoms with Crippen molar-refractivity contribution in [2.75, 3.05) is 26.2 Å². The normalized spacial score (nSPS) is 26.3. The molecule has 3 heterocycles. The summed E-state index contributed by atoms with van der Waals surface area (Å²) in [6, 6.07) is 5.02. The summed E-state index contributed by atoms with van der Waals surface area (Å²) in [6.07, 6.45) is 3.95. The fourth-order valence-electron chi connectivity index (χ4n) is 4.33. The van der Waals surface area contributed by atoms with Crippen molar-refractivity contribution in [1.82, 2.24) is 15.2 Å². The SMILES string of the molecule is Cc1c(CN2CCC[C@@]3(CCNC3)C2)[nH]c2ccc(F)cc12. The standard InChI is InChI=1S/C18H24FN3/c1-13-15-9-14(19)3-4-16(15)21-17(13)10-22-8-2-5-18(12-22)6-7-20-11-18/h3-4,9,20-21H,2,5-8,10-12H2,1H3/t18-/m0/s1. The van der Waals surface area contributed by atoms with Gasteiger partial charge in [-0.2, -0.15) is 0 Å². The number of likely N-dealkylation sites (tertiary alicyclic amines) is 1. The van der Waals surface area contributed by atoms with E-state index in [1.807, 2.05) is 6.07 Å². The first kappa shape index (κ1) is 14.2. The Morgan fingerprint density at radius 3 is 3.05 bits per heavy atom. The highest BCUT2D eigenvalue weighted by Gasteiger charge is 2.37. The van der Waals surface area contributed by atoms with Crippen molar-refractivity contribution < 1.29 is 4.39 Å². The minimum atomic E-state index is -0.157. The molecule has 4 rings (SSSR count). The zero-order valence-electron chi connectivity index (χ0n) is 13.2. The molecule has 118 valence electrons. The second kappa shape index (κ2) is 5.36. The Morgan fingerprint density at radius 2 is 2.23 bits per heavy atom. The van der Waals surface area contributed by atoms with Gasteiger partial charge in [0.15, 0.2) is 0 Å². The van der Waals surface area contributed by atoms with Gasteiger partial charge in [-0.25, -0.2) is 4.39 Å². The van der Waals surface area contributed by atoms with Gasteiger partial charge in [-0.15, -0.1) is 0 Å². The first-order valence-electron chi connectivity index (χ1n) is 8.35. The molecule has 0 saturated carbocycles. The number of hydrogen-bond acceptors (Lipinski definition) is 2. The van der Waals surface area contributed by atoms with Crippen LogP contribution in [0.25, 0.3) is 10.9 Å². The Kier molecular flexibility index (Phi) is 3.46. The molecule has 1 aromatic carbocycles. The summed E-state index contributed by atoms with van der Waals surface area (Å²) in [5.74, 6) is -0.157. The van der Waals surface area contributed by atoms with Crippen LogP contribution in [0.15, 0.2) is 18.2 Å². The van der Waals surface area contributed by atoms with E-state index < -0.39 is 0 Å². The van der Waals surface area contributed by atoms with Gasteiger partial charge in [-0.1, -0.05) is 0 Å². The number of aromatic amines is 1. The largest absolute Gasteiger partial charge is 0.357 e. The number of H-pyrrole nitrogens is 1. The van der Waals surface area contributed by atoms with Crippen molar-refractivity contribution in [3.8, 4) is 0 Å². The quantitative estimate of drug-likeness (QED) is 0.892. The summed E-state index contributed by atoms with van der Waals surface area (Å²) in [5.41, 5.74) is 3.97. The number of rotatable bonds is 2. The highest BCUT2D eigenvalue weighted by molar-refractivity contribution is 5.84. The van der Waals surface area contributed by atoms with Crippen molar-refractivity contribution in [2.45, 2.75) is 32.7 Å². The van der Waals surface area contributed by atoms with Gasteiger partial charge in [0, 0.05) is 36.2 Å². The number of aromatic nitrogens is 1. The van der Waals surface area contributed by atoms with Crippen LogP contribution in [0, 0.1) is 18.2 Å². The average Bonchev–Trinajstić information content (AvgIpc) is 3.06. The van der Waals surface area contributed by atoms with Crippen molar-refractivity contribution in [3.05, 3.63) is 35.3 Å². The van der Waals surface area contributed by atoms with Crippen molar-refractivity contribution in [1.29, 1.82) is 0 Å². The number of halogens is 1. The van der Waals surface area contributed by atoms with Crippen LogP contribution in [0.1, 0.15) is 30.5 Å². The molecule has 1 aromatic heterocycles. The molecule has 22 heavy (non-hydrogen) atoms. The smallest absolute Gasteiger partial charge is 0.123 e. The molecular weight excluding hydrogens is 277 g/mol. The number of piperidine rings is 1. The Labute approximate surface area is 130 Å². The molecule has 0 radical (unpaired) electrons. The third kappa shape index (κ3) is 2.44. The van der Waals surface area contributed by atoms with Gasteiger partial charge in [0.2, 0.25) is 0 Å². The van der Waals surface area contributed by atoms with Crippen LogP contribution in [0.4, 0.5) is 4.39 Å².